The number of halogens is 3. The second-order valence-corrected chi connectivity index (χ2v) is 3.78. The highest BCUT2D eigenvalue weighted by molar-refractivity contribution is 14.1. The zero-order valence-electron chi connectivity index (χ0n) is 4.24. The predicted octanol–water partition coefficient (Wildman–Crippen LogP) is 3.10. The molecule has 0 saturated heterocycles. The summed E-state index contributed by atoms with van der Waals surface area (Å²) in [7, 11) is 0. The zero-order chi connectivity index (χ0) is 6.85. The first-order valence-corrected chi connectivity index (χ1v) is 4.41. The third kappa shape index (κ3) is 2.05. The molecule has 1 nitrogen and oxygen atoms in total. The molecule has 0 unspecified atom stereocenters. The maximum absolute atomic E-state index is 5.63. The van der Waals surface area contributed by atoms with Crippen molar-refractivity contribution in [3.8, 4) is 0 Å². The van der Waals surface area contributed by atoms with E-state index in [2.05, 4.69) is 43.5 Å². The van der Waals surface area contributed by atoms with Crippen LogP contribution in [0.2, 0.25) is 5.02 Å². The summed E-state index contributed by atoms with van der Waals surface area (Å²) in [6.07, 6.45) is 1.60. The number of nitrogens with zero attached hydrogens (tertiary/aromatic N) is 1. The monoisotopic (exact) mass is 317 g/mol. The predicted molar refractivity (Wildman–Crippen MR) is 49.7 cm³/mol. The Morgan fingerprint density at radius 3 is 2.78 bits per heavy atom. The van der Waals surface area contributed by atoms with Crippen LogP contribution in [0, 0.1) is 3.57 Å². The van der Waals surface area contributed by atoms with E-state index in [4.69, 9.17) is 11.6 Å². The van der Waals surface area contributed by atoms with Gasteiger partial charge in [-0.05, 0) is 44.6 Å². The van der Waals surface area contributed by atoms with Gasteiger partial charge < -0.3 is 0 Å². The third-order valence-electron chi connectivity index (χ3n) is 0.763. The molecular weight excluding hydrogens is 316 g/mol. The van der Waals surface area contributed by atoms with Gasteiger partial charge in [0.25, 0.3) is 0 Å². The molecule has 1 rings (SSSR count). The van der Waals surface area contributed by atoms with E-state index in [0.717, 1.165) is 8.17 Å². The molecule has 0 spiro atoms. The highest BCUT2D eigenvalue weighted by Gasteiger charge is 1.95. The number of hydrogen-bond donors (Lipinski definition) is 0. The Morgan fingerprint density at radius 2 is 2.33 bits per heavy atom. The number of pyridine rings is 1. The molecule has 0 fully saturated rings. The van der Waals surface area contributed by atoms with Crippen molar-refractivity contribution in [2.75, 3.05) is 0 Å². The van der Waals surface area contributed by atoms with Gasteiger partial charge in [-0.15, -0.1) is 0 Å². The smallest absolute Gasteiger partial charge is 0.119 e. The van der Waals surface area contributed by atoms with Crippen molar-refractivity contribution < 1.29 is 0 Å². The fourth-order valence-electron chi connectivity index (χ4n) is 0.398. The minimum absolute atomic E-state index is 0.669. The van der Waals surface area contributed by atoms with E-state index in [-0.39, 0.29) is 0 Å². The molecule has 0 radical (unpaired) electrons. The lowest BCUT2D eigenvalue weighted by Crippen LogP contribution is -1.78. The fraction of sp³-hybridized carbons (Fsp3) is 0. The summed E-state index contributed by atoms with van der Waals surface area (Å²) in [5, 5.41) is 0.669. The van der Waals surface area contributed by atoms with Crippen molar-refractivity contribution in [1.29, 1.82) is 0 Å². The summed E-state index contributed by atoms with van der Waals surface area (Å²) in [5.41, 5.74) is 0. The van der Waals surface area contributed by atoms with Gasteiger partial charge in [0.2, 0.25) is 0 Å². The Hall–Kier alpha value is 0.650. The molecule has 0 aliphatic rings. The number of hydrogen-bond acceptors (Lipinski definition) is 1. The van der Waals surface area contributed by atoms with Crippen molar-refractivity contribution in [3.63, 3.8) is 0 Å². The van der Waals surface area contributed by atoms with Crippen LogP contribution in [0.25, 0.3) is 0 Å². The molecule has 0 bridgehead atoms. The van der Waals surface area contributed by atoms with Crippen LogP contribution >= 0.6 is 50.1 Å². The summed E-state index contributed by atoms with van der Waals surface area (Å²) < 4.78 is 1.87. The summed E-state index contributed by atoms with van der Waals surface area (Å²) in [6, 6.07) is 1.85. The highest BCUT2D eigenvalue weighted by Crippen LogP contribution is 2.19. The van der Waals surface area contributed by atoms with Gasteiger partial charge in [0.15, 0.2) is 0 Å². The summed E-state index contributed by atoms with van der Waals surface area (Å²) in [5.74, 6) is 0. The van der Waals surface area contributed by atoms with Crippen molar-refractivity contribution in [2.24, 2.45) is 0 Å². The Morgan fingerprint density at radius 1 is 1.67 bits per heavy atom. The standard InChI is InChI=1S/C5H2BrClIN/c6-5-4(8)1-3(7)2-9-5/h1-2H. The SMILES string of the molecule is Clc1cnc(Br)c(I)c1. The minimum Gasteiger partial charge on any atom is -0.247 e. The van der Waals surface area contributed by atoms with Gasteiger partial charge in [-0.1, -0.05) is 11.6 Å². The quantitative estimate of drug-likeness (QED) is 0.529. The molecule has 0 aliphatic heterocycles. The summed E-state index contributed by atoms with van der Waals surface area (Å²) in [6.45, 7) is 0. The van der Waals surface area contributed by atoms with E-state index in [9.17, 15) is 0 Å². The van der Waals surface area contributed by atoms with Crippen molar-refractivity contribution in [3.05, 3.63) is 25.5 Å². The second-order valence-electron chi connectivity index (χ2n) is 1.43. The lowest BCUT2D eigenvalue weighted by Gasteiger charge is -1.92. The van der Waals surface area contributed by atoms with E-state index in [1.165, 1.54) is 0 Å². The molecule has 0 N–H and O–H groups in total. The Balaban J connectivity index is 3.17. The Bertz CT molecular complexity index is 228. The van der Waals surface area contributed by atoms with Gasteiger partial charge in [-0.25, -0.2) is 4.98 Å². The first-order valence-electron chi connectivity index (χ1n) is 2.16. The van der Waals surface area contributed by atoms with Crippen LogP contribution in [0.1, 0.15) is 0 Å². The van der Waals surface area contributed by atoms with Crippen molar-refractivity contribution >= 4 is 50.1 Å². The van der Waals surface area contributed by atoms with Gasteiger partial charge in [0.05, 0.1) is 5.02 Å². The van der Waals surface area contributed by atoms with Crippen molar-refractivity contribution in [1.82, 2.24) is 4.98 Å². The van der Waals surface area contributed by atoms with Gasteiger partial charge in [0.1, 0.15) is 4.60 Å². The maximum Gasteiger partial charge on any atom is 0.119 e. The highest BCUT2D eigenvalue weighted by atomic mass is 127. The molecule has 0 aromatic carbocycles. The second kappa shape index (κ2) is 3.16. The Kier molecular flexibility index (Phi) is 2.73. The number of rotatable bonds is 0. The molecule has 1 heterocycles. The molecule has 1 aromatic heterocycles. The van der Waals surface area contributed by atoms with E-state index in [1.54, 1.807) is 6.20 Å². The van der Waals surface area contributed by atoms with Crippen LogP contribution in [0.15, 0.2) is 16.9 Å². The number of aromatic nitrogens is 1. The molecule has 4 heteroatoms. The normalized spacial score (nSPS) is 9.67. The minimum atomic E-state index is 0.669. The molecule has 0 aliphatic carbocycles. The van der Waals surface area contributed by atoms with Crippen LogP contribution in [0.5, 0.6) is 0 Å². The van der Waals surface area contributed by atoms with Crippen LogP contribution < -0.4 is 0 Å². The van der Waals surface area contributed by atoms with E-state index in [0.29, 0.717) is 5.02 Å². The van der Waals surface area contributed by atoms with Gasteiger partial charge in [-0.3, -0.25) is 0 Å². The topological polar surface area (TPSA) is 12.9 Å². The first-order chi connectivity index (χ1) is 4.20. The lowest BCUT2D eigenvalue weighted by molar-refractivity contribution is 1.25. The lowest BCUT2D eigenvalue weighted by atomic mass is 10.5. The first kappa shape index (κ1) is 7.75. The zero-order valence-corrected chi connectivity index (χ0v) is 8.74. The van der Waals surface area contributed by atoms with Crippen LogP contribution in [0.3, 0.4) is 0 Å². The molecule has 0 atom stereocenters. The van der Waals surface area contributed by atoms with Gasteiger partial charge in [0, 0.05) is 9.77 Å². The molecule has 1 aromatic rings. The van der Waals surface area contributed by atoms with Crippen LogP contribution in [-0.2, 0) is 0 Å². The van der Waals surface area contributed by atoms with Crippen LogP contribution in [-0.4, -0.2) is 4.98 Å². The van der Waals surface area contributed by atoms with E-state index < -0.39 is 0 Å². The average molecular weight is 318 g/mol. The van der Waals surface area contributed by atoms with Gasteiger partial charge in [-0.2, -0.15) is 0 Å². The Labute approximate surface area is 80.1 Å². The maximum atomic E-state index is 5.63. The molecular formula is C5H2BrClIN. The summed E-state index contributed by atoms with van der Waals surface area (Å²) >= 11 is 11.0. The van der Waals surface area contributed by atoms with Crippen molar-refractivity contribution in [2.45, 2.75) is 0 Å². The molecule has 48 valence electrons. The van der Waals surface area contributed by atoms with E-state index in [1.807, 2.05) is 6.07 Å². The van der Waals surface area contributed by atoms with Gasteiger partial charge >= 0.3 is 0 Å². The average Bonchev–Trinajstić information content (AvgIpc) is 1.80. The molecule has 0 saturated carbocycles. The third-order valence-corrected chi connectivity index (χ3v) is 3.17. The fourth-order valence-corrected chi connectivity index (χ4v) is 1.43. The largest absolute Gasteiger partial charge is 0.247 e. The van der Waals surface area contributed by atoms with E-state index >= 15 is 0 Å². The van der Waals surface area contributed by atoms with Crippen LogP contribution in [0.4, 0.5) is 0 Å². The molecule has 9 heavy (non-hydrogen) atoms. The molecule has 0 amide bonds. The summed E-state index contributed by atoms with van der Waals surface area (Å²) in [4.78, 5) is 3.96.